The summed E-state index contributed by atoms with van der Waals surface area (Å²) in [5.74, 6) is 0.279. The molecule has 2 amide bonds. The predicted octanol–water partition coefficient (Wildman–Crippen LogP) is 4.20. The maximum Gasteiger partial charge on any atom is 0.419 e. The van der Waals surface area contributed by atoms with E-state index in [1.807, 2.05) is 18.2 Å². The van der Waals surface area contributed by atoms with Crippen LogP contribution in [-0.2, 0) is 0 Å². The molecule has 7 heteroatoms. The molecule has 6 nitrogen and oxygen atoms in total. The topological polar surface area (TPSA) is 70.1 Å². The third-order valence-electron chi connectivity index (χ3n) is 3.29. The normalized spacial score (nSPS) is 10.1. The fourth-order valence-electron chi connectivity index (χ4n) is 2.06. The zero-order valence-corrected chi connectivity index (χ0v) is 14.6. The smallest absolute Gasteiger partial charge is 0.419 e. The van der Waals surface area contributed by atoms with Gasteiger partial charge in [-0.3, -0.25) is 9.80 Å². The maximum absolute atomic E-state index is 12.2. The maximum atomic E-state index is 12.2. The highest BCUT2D eigenvalue weighted by atomic mass is 79.9. The van der Waals surface area contributed by atoms with Crippen LogP contribution in [0.25, 0.3) is 0 Å². The number of anilines is 2. The van der Waals surface area contributed by atoms with E-state index in [0.29, 0.717) is 16.7 Å². The summed E-state index contributed by atoms with van der Waals surface area (Å²) < 4.78 is 5.33. The molecular formula is C17H17BrN2O4. The van der Waals surface area contributed by atoms with Gasteiger partial charge in [-0.15, -0.1) is 0 Å². The lowest BCUT2D eigenvalue weighted by Crippen LogP contribution is -2.31. The molecule has 0 radical (unpaired) electrons. The van der Waals surface area contributed by atoms with Gasteiger partial charge in [0.2, 0.25) is 0 Å². The van der Waals surface area contributed by atoms with Gasteiger partial charge in [0.25, 0.3) is 0 Å². The van der Waals surface area contributed by atoms with Crippen LogP contribution in [0, 0.1) is 0 Å². The molecule has 0 aliphatic carbocycles. The highest BCUT2D eigenvalue weighted by molar-refractivity contribution is 9.09. The molecule has 2 rings (SSSR count). The Labute approximate surface area is 148 Å². The minimum atomic E-state index is -1.07. The van der Waals surface area contributed by atoms with Crippen molar-refractivity contribution in [1.82, 2.24) is 0 Å². The predicted molar refractivity (Wildman–Crippen MR) is 96.5 cm³/mol. The second kappa shape index (κ2) is 8.35. The van der Waals surface area contributed by atoms with Gasteiger partial charge in [0.15, 0.2) is 0 Å². The van der Waals surface area contributed by atoms with Crippen molar-refractivity contribution in [1.29, 1.82) is 0 Å². The third-order valence-corrected chi connectivity index (χ3v) is 3.65. The first-order valence-corrected chi connectivity index (χ1v) is 8.32. The van der Waals surface area contributed by atoms with Gasteiger partial charge in [0.05, 0.1) is 5.69 Å². The van der Waals surface area contributed by atoms with Crippen molar-refractivity contribution in [2.45, 2.75) is 0 Å². The second-order valence-electron chi connectivity index (χ2n) is 4.88. The molecule has 0 bridgehead atoms. The Hall–Kier alpha value is -2.54. The summed E-state index contributed by atoms with van der Waals surface area (Å²) >= 11 is 3.22. The van der Waals surface area contributed by atoms with Crippen LogP contribution < -0.4 is 14.5 Å². The van der Waals surface area contributed by atoms with E-state index in [-0.39, 0.29) is 12.3 Å². The molecule has 0 aliphatic heterocycles. The highest BCUT2D eigenvalue weighted by Crippen LogP contribution is 2.23. The van der Waals surface area contributed by atoms with Gasteiger partial charge in [0, 0.05) is 30.7 Å². The molecule has 0 heterocycles. The van der Waals surface area contributed by atoms with Gasteiger partial charge in [-0.2, -0.15) is 0 Å². The van der Waals surface area contributed by atoms with Crippen LogP contribution in [0.15, 0.2) is 54.6 Å². The quantitative estimate of drug-likeness (QED) is 0.773. The van der Waals surface area contributed by atoms with E-state index in [9.17, 15) is 14.7 Å². The molecule has 2 aromatic rings. The van der Waals surface area contributed by atoms with Crippen molar-refractivity contribution in [3.8, 4) is 5.75 Å². The number of hydrogen-bond donors (Lipinski definition) is 1. The Kier molecular flexibility index (Phi) is 6.20. The van der Waals surface area contributed by atoms with Crippen LogP contribution in [-0.4, -0.2) is 36.2 Å². The second-order valence-corrected chi connectivity index (χ2v) is 5.68. The van der Waals surface area contributed by atoms with E-state index in [0.717, 1.165) is 0 Å². The summed E-state index contributed by atoms with van der Waals surface area (Å²) in [6, 6.07) is 15.5. The Bertz CT molecular complexity index is 709. The number of hydrogen-bond acceptors (Lipinski definition) is 3. The van der Waals surface area contributed by atoms with E-state index in [2.05, 4.69) is 15.9 Å². The van der Waals surface area contributed by atoms with Gasteiger partial charge in [0.1, 0.15) is 5.75 Å². The number of ether oxygens (including phenoxy) is 1. The largest absolute Gasteiger partial charge is 0.465 e. The first kappa shape index (κ1) is 17.8. The van der Waals surface area contributed by atoms with Crippen molar-refractivity contribution in [2.75, 3.05) is 28.7 Å². The van der Waals surface area contributed by atoms with E-state index in [1.165, 1.54) is 15.9 Å². The number of carbonyl (C=O) groups is 2. The van der Waals surface area contributed by atoms with Crippen LogP contribution in [0.5, 0.6) is 5.75 Å². The van der Waals surface area contributed by atoms with E-state index >= 15 is 0 Å². The van der Waals surface area contributed by atoms with Crippen LogP contribution in [0.4, 0.5) is 21.0 Å². The van der Waals surface area contributed by atoms with Crippen LogP contribution in [0.3, 0.4) is 0 Å². The number of halogens is 1. The summed E-state index contributed by atoms with van der Waals surface area (Å²) in [6.07, 6.45) is -1.62. The molecule has 0 spiro atoms. The molecule has 126 valence electrons. The Morgan fingerprint density at radius 3 is 2.38 bits per heavy atom. The van der Waals surface area contributed by atoms with Crippen molar-refractivity contribution < 1.29 is 19.4 Å². The lowest BCUT2D eigenvalue weighted by molar-refractivity contribution is 0.202. The summed E-state index contributed by atoms with van der Waals surface area (Å²) in [4.78, 5) is 26.1. The fourth-order valence-corrected chi connectivity index (χ4v) is 2.42. The van der Waals surface area contributed by atoms with Crippen LogP contribution >= 0.6 is 15.9 Å². The lowest BCUT2D eigenvalue weighted by atomic mass is 10.3. The number of para-hydroxylation sites is 1. The van der Waals surface area contributed by atoms with E-state index < -0.39 is 12.2 Å². The fraction of sp³-hybridized carbons (Fsp3) is 0.176. The van der Waals surface area contributed by atoms with Gasteiger partial charge in [-0.25, -0.2) is 9.59 Å². The number of rotatable bonds is 5. The zero-order chi connectivity index (χ0) is 17.5. The molecule has 0 aromatic heterocycles. The summed E-state index contributed by atoms with van der Waals surface area (Å²) in [5.41, 5.74) is 1.14. The molecule has 0 saturated carbocycles. The Balaban J connectivity index is 2.14. The number of benzene rings is 2. The number of carbonyl (C=O) groups excluding carboxylic acids is 1. The van der Waals surface area contributed by atoms with Gasteiger partial charge >= 0.3 is 12.2 Å². The van der Waals surface area contributed by atoms with Gasteiger partial charge in [-0.1, -0.05) is 40.2 Å². The van der Waals surface area contributed by atoms with Gasteiger partial charge < -0.3 is 9.84 Å². The first-order chi connectivity index (χ1) is 11.5. The minimum absolute atomic E-state index is 0.279. The molecule has 24 heavy (non-hydrogen) atoms. The molecule has 0 aliphatic rings. The Morgan fingerprint density at radius 1 is 1.08 bits per heavy atom. The summed E-state index contributed by atoms with van der Waals surface area (Å²) in [5, 5.41) is 9.76. The van der Waals surface area contributed by atoms with E-state index in [4.69, 9.17) is 4.74 Å². The highest BCUT2D eigenvalue weighted by Gasteiger charge is 2.16. The molecule has 0 atom stereocenters. The van der Waals surface area contributed by atoms with Crippen molar-refractivity contribution >= 4 is 39.5 Å². The number of alkyl halides is 1. The monoisotopic (exact) mass is 392 g/mol. The minimum Gasteiger partial charge on any atom is -0.465 e. The molecule has 0 saturated heterocycles. The average Bonchev–Trinajstić information content (AvgIpc) is 2.59. The molecule has 0 fully saturated rings. The van der Waals surface area contributed by atoms with E-state index in [1.54, 1.807) is 37.4 Å². The molecule has 1 N–H and O–H groups in total. The number of nitrogens with zero attached hydrogens (tertiary/aromatic N) is 2. The summed E-state index contributed by atoms with van der Waals surface area (Å²) in [6.45, 7) is 0.288. The van der Waals surface area contributed by atoms with Crippen molar-refractivity contribution in [3.05, 3.63) is 54.6 Å². The standard InChI is InChI=1S/C17H17BrN2O4/c1-19(13-6-3-2-4-7-13)17(23)24-15-9-5-8-14(12-15)20(11-10-18)16(21)22/h2-9,12H,10-11H2,1H3,(H,21,22). The lowest BCUT2D eigenvalue weighted by Gasteiger charge is -2.20. The van der Waals surface area contributed by atoms with Crippen molar-refractivity contribution in [2.24, 2.45) is 0 Å². The van der Waals surface area contributed by atoms with Crippen molar-refractivity contribution in [3.63, 3.8) is 0 Å². The van der Waals surface area contributed by atoms with Crippen LogP contribution in [0.1, 0.15) is 0 Å². The average molecular weight is 393 g/mol. The van der Waals surface area contributed by atoms with Gasteiger partial charge in [-0.05, 0) is 24.3 Å². The van der Waals surface area contributed by atoms with Crippen LogP contribution in [0.2, 0.25) is 0 Å². The number of amides is 2. The first-order valence-electron chi connectivity index (χ1n) is 7.20. The summed E-state index contributed by atoms with van der Waals surface area (Å²) in [7, 11) is 1.61. The number of carboxylic acid groups (broad SMARTS) is 1. The molecule has 2 aromatic carbocycles. The molecule has 0 unspecified atom stereocenters. The zero-order valence-electron chi connectivity index (χ0n) is 13.1. The third kappa shape index (κ3) is 4.48. The molecular weight excluding hydrogens is 376 g/mol. The SMILES string of the molecule is CN(C(=O)Oc1cccc(N(CCBr)C(=O)O)c1)c1ccccc1. The Morgan fingerprint density at radius 2 is 1.75 bits per heavy atom.